The van der Waals surface area contributed by atoms with Crippen LogP contribution in [0.3, 0.4) is 0 Å². The first-order valence-corrected chi connectivity index (χ1v) is 7.34. The average molecular weight is 306 g/mol. The summed E-state index contributed by atoms with van der Waals surface area (Å²) in [5, 5.41) is 16.0. The van der Waals surface area contributed by atoms with E-state index >= 15 is 0 Å². The van der Waals surface area contributed by atoms with Crippen LogP contribution >= 0.6 is 15.9 Å². The van der Waals surface area contributed by atoms with Crippen molar-refractivity contribution in [2.75, 3.05) is 13.7 Å². The van der Waals surface area contributed by atoms with Crippen LogP contribution in [0.4, 0.5) is 0 Å². The van der Waals surface area contributed by atoms with Crippen molar-refractivity contribution in [3.8, 4) is 0 Å². The highest BCUT2D eigenvalue weighted by atomic mass is 79.9. The van der Waals surface area contributed by atoms with Gasteiger partial charge in [-0.05, 0) is 28.8 Å². The van der Waals surface area contributed by atoms with Gasteiger partial charge in [0, 0.05) is 7.05 Å². The highest BCUT2D eigenvalue weighted by molar-refractivity contribution is 9.18. The molecule has 1 unspecified atom stereocenters. The Kier molecular flexibility index (Phi) is 6.89. The minimum atomic E-state index is -0.413. The molecule has 0 radical (unpaired) electrons. The van der Waals surface area contributed by atoms with Crippen LogP contribution in [0.2, 0.25) is 0 Å². The molecule has 0 aromatic rings. The maximum atomic E-state index is 10.0. The minimum Gasteiger partial charge on any atom is -0.373 e. The Hall–Kier alpha value is -0.290. The molecule has 1 N–H and O–H groups in total. The fourth-order valence-corrected chi connectivity index (χ4v) is 2.61. The predicted octanol–water partition coefficient (Wildman–Crippen LogP) is 2.93. The normalized spacial score (nSPS) is 17.5. The van der Waals surface area contributed by atoms with Crippen molar-refractivity contribution in [3.63, 3.8) is 0 Å². The van der Waals surface area contributed by atoms with Crippen molar-refractivity contribution >= 4 is 20.7 Å². The Balaban J connectivity index is 2.09. The standard InChI is InChI=1S/C12H24BrN3O/c1-3-4-5-6-7-8-9-11(17)16-10-15(2)14-12(16)13/h11,17H,3-10H2,1-2H3. The molecule has 0 aliphatic carbocycles. The number of hydrogen-bond donors (Lipinski definition) is 1. The van der Waals surface area contributed by atoms with Crippen LogP contribution in [-0.2, 0) is 0 Å². The summed E-state index contributed by atoms with van der Waals surface area (Å²) in [6.07, 6.45) is 7.94. The topological polar surface area (TPSA) is 39.1 Å². The Morgan fingerprint density at radius 2 is 1.94 bits per heavy atom. The lowest BCUT2D eigenvalue weighted by Crippen LogP contribution is -2.37. The number of unbranched alkanes of at least 4 members (excludes halogenated alkanes) is 5. The Bertz CT molecular complexity index is 248. The van der Waals surface area contributed by atoms with Crippen LogP contribution in [0.15, 0.2) is 5.10 Å². The molecule has 0 aromatic heterocycles. The van der Waals surface area contributed by atoms with Gasteiger partial charge in [0.1, 0.15) is 12.9 Å². The van der Waals surface area contributed by atoms with Gasteiger partial charge in [-0.1, -0.05) is 39.0 Å². The summed E-state index contributed by atoms with van der Waals surface area (Å²) < 4.78 is 0.735. The quantitative estimate of drug-likeness (QED) is 0.553. The summed E-state index contributed by atoms with van der Waals surface area (Å²) in [7, 11) is 1.90. The van der Waals surface area contributed by atoms with Crippen LogP contribution < -0.4 is 0 Å². The maximum absolute atomic E-state index is 10.0. The molecule has 0 saturated heterocycles. The molecule has 1 rings (SSSR count). The molecule has 100 valence electrons. The number of rotatable bonds is 8. The van der Waals surface area contributed by atoms with Crippen LogP contribution in [0.1, 0.15) is 51.9 Å². The summed E-state index contributed by atoms with van der Waals surface area (Å²) in [5.74, 6) is 0. The zero-order valence-corrected chi connectivity index (χ0v) is 12.5. The highest BCUT2D eigenvalue weighted by Crippen LogP contribution is 2.17. The average Bonchev–Trinajstić information content (AvgIpc) is 2.62. The van der Waals surface area contributed by atoms with Crippen LogP contribution in [0.5, 0.6) is 0 Å². The van der Waals surface area contributed by atoms with E-state index in [4.69, 9.17) is 0 Å². The van der Waals surface area contributed by atoms with Crippen molar-refractivity contribution in [1.29, 1.82) is 0 Å². The highest BCUT2D eigenvalue weighted by Gasteiger charge is 2.24. The van der Waals surface area contributed by atoms with Gasteiger partial charge >= 0.3 is 0 Å². The van der Waals surface area contributed by atoms with Crippen molar-refractivity contribution in [2.45, 2.75) is 58.1 Å². The summed E-state index contributed by atoms with van der Waals surface area (Å²) in [4.78, 5) is 1.88. The number of aliphatic hydroxyl groups excluding tert-OH is 1. The van der Waals surface area contributed by atoms with E-state index in [0.717, 1.165) is 17.6 Å². The van der Waals surface area contributed by atoms with E-state index in [9.17, 15) is 5.11 Å². The van der Waals surface area contributed by atoms with Crippen molar-refractivity contribution in [2.24, 2.45) is 5.10 Å². The summed E-state index contributed by atoms with van der Waals surface area (Å²) in [5.41, 5.74) is 0. The third kappa shape index (κ3) is 5.25. The Labute approximate surface area is 113 Å². The van der Waals surface area contributed by atoms with Gasteiger partial charge in [0.25, 0.3) is 0 Å². The minimum absolute atomic E-state index is 0.413. The van der Waals surface area contributed by atoms with Gasteiger partial charge < -0.3 is 10.0 Å². The second-order valence-electron chi connectivity index (χ2n) is 4.67. The summed E-state index contributed by atoms with van der Waals surface area (Å²) in [6.45, 7) is 2.89. The molecule has 0 spiro atoms. The van der Waals surface area contributed by atoms with Gasteiger partial charge in [-0.15, -0.1) is 0 Å². The first-order valence-electron chi connectivity index (χ1n) is 6.55. The molecule has 1 atom stereocenters. The SMILES string of the molecule is CCCCCCCCC(O)N1CN(C)N=C1Br. The van der Waals surface area contributed by atoms with E-state index in [-0.39, 0.29) is 0 Å². The molecule has 17 heavy (non-hydrogen) atoms. The van der Waals surface area contributed by atoms with Crippen LogP contribution in [0, 0.1) is 0 Å². The van der Waals surface area contributed by atoms with Crippen molar-refractivity contribution in [1.82, 2.24) is 9.91 Å². The number of hydrazone groups is 1. The first-order chi connectivity index (χ1) is 8.15. The monoisotopic (exact) mass is 305 g/mol. The molecule has 0 saturated carbocycles. The molecule has 0 aromatic carbocycles. The molecular formula is C12H24BrN3O. The van der Waals surface area contributed by atoms with E-state index in [1.807, 2.05) is 17.0 Å². The van der Waals surface area contributed by atoms with E-state index in [0.29, 0.717) is 6.67 Å². The number of aliphatic hydroxyl groups is 1. The third-order valence-electron chi connectivity index (χ3n) is 3.02. The molecule has 1 heterocycles. The van der Waals surface area contributed by atoms with Gasteiger partial charge in [-0.25, -0.2) is 0 Å². The first kappa shape index (κ1) is 14.8. The predicted molar refractivity (Wildman–Crippen MR) is 74.8 cm³/mol. The molecule has 1 aliphatic heterocycles. The lowest BCUT2D eigenvalue weighted by Gasteiger charge is -2.24. The summed E-state index contributed by atoms with van der Waals surface area (Å²) in [6, 6.07) is 0. The van der Waals surface area contributed by atoms with Gasteiger partial charge in [0.15, 0.2) is 4.74 Å². The number of amidine groups is 1. The molecule has 0 amide bonds. The van der Waals surface area contributed by atoms with E-state index in [1.54, 1.807) is 0 Å². The van der Waals surface area contributed by atoms with E-state index < -0.39 is 6.23 Å². The smallest absolute Gasteiger partial charge is 0.195 e. The lowest BCUT2D eigenvalue weighted by atomic mass is 10.1. The molecule has 1 aliphatic rings. The second-order valence-corrected chi connectivity index (χ2v) is 5.38. The fraction of sp³-hybridized carbons (Fsp3) is 0.917. The molecular weight excluding hydrogens is 282 g/mol. The summed E-state index contributed by atoms with van der Waals surface area (Å²) >= 11 is 3.36. The third-order valence-corrected chi connectivity index (χ3v) is 3.64. The van der Waals surface area contributed by atoms with Gasteiger partial charge in [-0.3, -0.25) is 5.01 Å². The van der Waals surface area contributed by atoms with Crippen molar-refractivity contribution in [3.05, 3.63) is 0 Å². The van der Waals surface area contributed by atoms with Crippen LogP contribution in [0.25, 0.3) is 0 Å². The molecule has 0 fully saturated rings. The molecule has 5 heteroatoms. The van der Waals surface area contributed by atoms with E-state index in [1.165, 1.54) is 32.1 Å². The van der Waals surface area contributed by atoms with E-state index in [2.05, 4.69) is 28.0 Å². The van der Waals surface area contributed by atoms with Crippen LogP contribution in [-0.4, -0.2) is 39.7 Å². The second kappa shape index (κ2) is 7.93. The molecule has 4 nitrogen and oxygen atoms in total. The molecule has 0 bridgehead atoms. The largest absolute Gasteiger partial charge is 0.373 e. The zero-order chi connectivity index (χ0) is 12.7. The fourth-order valence-electron chi connectivity index (χ4n) is 1.99. The number of nitrogens with zero attached hydrogens (tertiary/aromatic N) is 3. The Morgan fingerprint density at radius 3 is 2.53 bits per heavy atom. The Morgan fingerprint density at radius 1 is 1.29 bits per heavy atom. The number of halogens is 1. The van der Waals surface area contributed by atoms with Gasteiger partial charge in [-0.2, -0.15) is 5.10 Å². The number of hydrogen-bond acceptors (Lipinski definition) is 4. The van der Waals surface area contributed by atoms with Gasteiger partial charge in [0.05, 0.1) is 0 Å². The van der Waals surface area contributed by atoms with Crippen molar-refractivity contribution < 1.29 is 5.11 Å². The van der Waals surface area contributed by atoms with Gasteiger partial charge in [0.2, 0.25) is 0 Å². The lowest BCUT2D eigenvalue weighted by molar-refractivity contribution is 0.0329. The zero-order valence-electron chi connectivity index (χ0n) is 10.9. The maximum Gasteiger partial charge on any atom is 0.195 e.